The standard InChI is InChI=1S/C29H35F2N5O4/c1-16(2)36-22(13-35-9-11-40-15-29(35)7-8-29)17(3)27(38)19-5-4-18(24(31)26(19)36)25-20(30)12-32-28(34-25)33-21-6-10-39-14-23(21)37/h4-5,12,16,21,23,37H,6-11,13-15H2,1-3H3,(H,32,33,34)/t21-,23-/m1/s1. The van der Waals surface area contributed by atoms with Gasteiger partial charge in [-0.15, -0.1) is 0 Å². The fourth-order valence-corrected chi connectivity index (χ4v) is 6.06. The molecule has 2 saturated heterocycles. The Balaban J connectivity index is 1.46. The zero-order valence-electron chi connectivity index (χ0n) is 23.0. The van der Waals surface area contributed by atoms with Gasteiger partial charge >= 0.3 is 0 Å². The van der Waals surface area contributed by atoms with Crippen LogP contribution in [0.1, 0.15) is 50.4 Å². The largest absolute Gasteiger partial charge is 0.389 e. The van der Waals surface area contributed by atoms with E-state index in [0.717, 1.165) is 31.3 Å². The molecule has 214 valence electrons. The van der Waals surface area contributed by atoms with Crippen molar-refractivity contribution >= 4 is 16.9 Å². The number of hydrogen-bond donors (Lipinski definition) is 2. The van der Waals surface area contributed by atoms with E-state index in [1.165, 1.54) is 6.07 Å². The van der Waals surface area contributed by atoms with Crippen molar-refractivity contribution in [2.75, 3.05) is 38.3 Å². The summed E-state index contributed by atoms with van der Waals surface area (Å²) in [4.78, 5) is 24.2. The summed E-state index contributed by atoms with van der Waals surface area (Å²) >= 11 is 0. The van der Waals surface area contributed by atoms with Crippen LogP contribution in [0.2, 0.25) is 0 Å². The molecule has 1 aromatic carbocycles. The molecule has 9 nitrogen and oxygen atoms in total. The Hall–Kier alpha value is -2.99. The summed E-state index contributed by atoms with van der Waals surface area (Å²) in [5.74, 6) is -1.41. The van der Waals surface area contributed by atoms with Gasteiger partial charge in [-0.25, -0.2) is 18.7 Å². The van der Waals surface area contributed by atoms with Crippen LogP contribution in [0.4, 0.5) is 14.7 Å². The maximum absolute atomic E-state index is 16.5. The SMILES string of the molecule is Cc1c(CN2CCOCC23CC3)n(C(C)C)c2c(F)c(-c3nc(N[C@@H]4CCOC[C@H]4O)ncc3F)ccc2c1=O. The van der Waals surface area contributed by atoms with E-state index in [2.05, 4.69) is 20.2 Å². The summed E-state index contributed by atoms with van der Waals surface area (Å²) in [7, 11) is 0. The predicted molar refractivity (Wildman–Crippen MR) is 146 cm³/mol. The fraction of sp³-hybridized carbons (Fsp3) is 0.552. The average Bonchev–Trinajstić information content (AvgIpc) is 3.71. The molecule has 0 bridgehead atoms. The highest BCUT2D eigenvalue weighted by molar-refractivity contribution is 5.86. The number of fused-ring (bicyclic) bond motifs is 1. The van der Waals surface area contributed by atoms with Crippen molar-refractivity contribution in [2.24, 2.45) is 0 Å². The van der Waals surface area contributed by atoms with Gasteiger partial charge in [0.25, 0.3) is 0 Å². The van der Waals surface area contributed by atoms with Crippen molar-refractivity contribution in [3.63, 3.8) is 0 Å². The van der Waals surface area contributed by atoms with E-state index in [-0.39, 0.29) is 57.8 Å². The monoisotopic (exact) mass is 555 g/mol. The number of anilines is 1. The van der Waals surface area contributed by atoms with Crippen LogP contribution in [0.25, 0.3) is 22.2 Å². The fourth-order valence-electron chi connectivity index (χ4n) is 6.06. The second-order valence-corrected chi connectivity index (χ2v) is 11.5. The maximum Gasteiger partial charge on any atom is 0.223 e. The Labute approximate surface area is 231 Å². The number of aliphatic hydroxyl groups is 1. The molecule has 1 aliphatic carbocycles. The first-order chi connectivity index (χ1) is 19.2. The van der Waals surface area contributed by atoms with E-state index in [1.807, 2.05) is 18.4 Å². The summed E-state index contributed by atoms with van der Waals surface area (Å²) in [6.07, 6.45) is 2.82. The molecular weight excluding hydrogens is 520 g/mol. The van der Waals surface area contributed by atoms with Gasteiger partial charge in [0.2, 0.25) is 5.95 Å². The van der Waals surface area contributed by atoms with Gasteiger partial charge in [-0.3, -0.25) is 9.69 Å². The molecule has 4 heterocycles. The number of rotatable bonds is 6. The van der Waals surface area contributed by atoms with Crippen molar-refractivity contribution < 1.29 is 23.4 Å². The van der Waals surface area contributed by atoms with Crippen molar-refractivity contribution in [2.45, 2.75) is 70.3 Å². The molecule has 3 aliphatic rings. The minimum Gasteiger partial charge on any atom is -0.389 e. The molecule has 3 aromatic rings. The van der Waals surface area contributed by atoms with Gasteiger partial charge in [0, 0.05) is 53.5 Å². The van der Waals surface area contributed by atoms with Gasteiger partial charge in [0.05, 0.1) is 43.7 Å². The number of halogens is 2. The van der Waals surface area contributed by atoms with Crippen LogP contribution >= 0.6 is 0 Å². The van der Waals surface area contributed by atoms with Gasteiger partial charge in [-0.1, -0.05) is 0 Å². The third-order valence-corrected chi connectivity index (χ3v) is 8.54. The minimum absolute atomic E-state index is 0.0105. The summed E-state index contributed by atoms with van der Waals surface area (Å²) in [6.45, 7) is 8.88. The number of ether oxygens (including phenoxy) is 2. The number of nitrogens with one attached hydrogen (secondary N) is 1. The van der Waals surface area contributed by atoms with E-state index in [9.17, 15) is 9.90 Å². The van der Waals surface area contributed by atoms with Crippen molar-refractivity contribution in [3.8, 4) is 11.3 Å². The van der Waals surface area contributed by atoms with Crippen LogP contribution in [-0.2, 0) is 16.0 Å². The van der Waals surface area contributed by atoms with Crippen LogP contribution in [0.15, 0.2) is 23.1 Å². The molecule has 2 atom stereocenters. The number of nitrogens with zero attached hydrogens (tertiary/aromatic N) is 4. The molecular formula is C29H35F2N5O4. The highest BCUT2D eigenvalue weighted by Gasteiger charge is 2.50. The Morgan fingerprint density at radius 3 is 2.75 bits per heavy atom. The van der Waals surface area contributed by atoms with Crippen molar-refractivity contribution in [3.05, 3.63) is 51.4 Å². The van der Waals surface area contributed by atoms with Crippen LogP contribution in [0, 0.1) is 18.6 Å². The molecule has 1 saturated carbocycles. The van der Waals surface area contributed by atoms with Crippen molar-refractivity contribution in [1.82, 2.24) is 19.4 Å². The quantitative estimate of drug-likeness (QED) is 0.476. The lowest BCUT2D eigenvalue weighted by Gasteiger charge is -2.37. The zero-order chi connectivity index (χ0) is 28.2. The van der Waals surface area contributed by atoms with E-state index in [0.29, 0.717) is 38.3 Å². The number of aliphatic hydroxyl groups excluding tert-OH is 1. The van der Waals surface area contributed by atoms with E-state index < -0.39 is 17.7 Å². The predicted octanol–water partition coefficient (Wildman–Crippen LogP) is 3.55. The van der Waals surface area contributed by atoms with Crippen LogP contribution in [0.5, 0.6) is 0 Å². The smallest absolute Gasteiger partial charge is 0.223 e. The van der Waals surface area contributed by atoms with E-state index in [1.54, 1.807) is 13.0 Å². The normalized spacial score (nSPS) is 22.8. The van der Waals surface area contributed by atoms with Gasteiger partial charge in [0.15, 0.2) is 17.1 Å². The Morgan fingerprint density at radius 1 is 1.23 bits per heavy atom. The first-order valence-corrected chi connectivity index (χ1v) is 13.9. The molecule has 2 aliphatic heterocycles. The second-order valence-electron chi connectivity index (χ2n) is 11.5. The average molecular weight is 556 g/mol. The number of pyridine rings is 1. The van der Waals surface area contributed by atoms with E-state index >= 15 is 8.78 Å². The number of benzene rings is 1. The van der Waals surface area contributed by atoms with Gasteiger partial charge in [0.1, 0.15) is 5.69 Å². The molecule has 6 rings (SSSR count). The molecule has 2 aromatic heterocycles. The van der Waals surface area contributed by atoms with Crippen LogP contribution < -0.4 is 10.7 Å². The van der Waals surface area contributed by atoms with Crippen LogP contribution in [0.3, 0.4) is 0 Å². The Kier molecular flexibility index (Phi) is 7.10. The zero-order valence-corrected chi connectivity index (χ0v) is 23.0. The summed E-state index contributed by atoms with van der Waals surface area (Å²) in [5.41, 5.74) is 0.975. The van der Waals surface area contributed by atoms with Crippen LogP contribution in [-0.4, -0.2) is 75.2 Å². The Morgan fingerprint density at radius 2 is 2.02 bits per heavy atom. The second kappa shape index (κ2) is 10.4. The molecule has 0 unspecified atom stereocenters. The minimum atomic E-state index is -0.786. The number of aromatic nitrogens is 3. The molecule has 11 heteroatoms. The molecule has 2 N–H and O–H groups in total. The molecule has 1 spiro atoms. The topological polar surface area (TPSA) is 102 Å². The molecule has 3 fully saturated rings. The third kappa shape index (κ3) is 4.68. The number of morpholine rings is 1. The van der Waals surface area contributed by atoms with Crippen molar-refractivity contribution in [1.29, 1.82) is 0 Å². The lowest BCUT2D eigenvalue weighted by molar-refractivity contribution is -0.0256. The lowest BCUT2D eigenvalue weighted by atomic mass is 10.0. The molecule has 40 heavy (non-hydrogen) atoms. The van der Waals surface area contributed by atoms with Gasteiger partial charge < -0.3 is 24.5 Å². The molecule has 0 amide bonds. The molecule has 0 radical (unpaired) electrons. The maximum atomic E-state index is 16.5. The third-order valence-electron chi connectivity index (χ3n) is 8.54. The highest BCUT2D eigenvalue weighted by atomic mass is 19.1. The summed E-state index contributed by atoms with van der Waals surface area (Å²) in [6, 6.07) is 2.42. The summed E-state index contributed by atoms with van der Waals surface area (Å²) < 4.78 is 44.5. The van der Waals surface area contributed by atoms with E-state index in [4.69, 9.17) is 9.47 Å². The summed E-state index contributed by atoms with van der Waals surface area (Å²) in [5, 5.41) is 13.5. The van der Waals surface area contributed by atoms with Gasteiger partial charge in [-0.2, -0.15) is 0 Å². The lowest BCUT2D eigenvalue weighted by Crippen LogP contribution is -2.47. The first kappa shape index (κ1) is 27.2. The Bertz CT molecular complexity index is 1510. The highest BCUT2D eigenvalue weighted by Crippen LogP contribution is 2.44. The first-order valence-electron chi connectivity index (χ1n) is 13.9. The van der Waals surface area contributed by atoms with Gasteiger partial charge in [-0.05, 0) is 52.2 Å². The number of hydrogen-bond acceptors (Lipinski definition) is 8.